The summed E-state index contributed by atoms with van der Waals surface area (Å²) in [5.74, 6) is 0.00365. The summed E-state index contributed by atoms with van der Waals surface area (Å²) >= 11 is 5.91. The normalized spacial score (nSPS) is 14.8. The molecule has 27 heavy (non-hydrogen) atoms. The van der Waals surface area contributed by atoms with Crippen molar-refractivity contribution in [3.8, 4) is 5.75 Å². The molecule has 6 nitrogen and oxygen atoms in total. The summed E-state index contributed by atoms with van der Waals surface area (Å²) in [6, 6.07) is 14.3. The number of nitrogens with two attached hydrogens (primary N) is 1. The highest BCUT2D eigenvalue weighted by atomic mass is 35.5. The van der Waals surface area contributed by atoms with Gasteiger partial charge in [-0.15, -0.1) is 0 Å². The van der Waals surface area contributed by atoms with Crippen molar-refractivity contribution >= 4 is 23.4 Å². The zero-order valence-electron chi connectivity index (χ0n) is 14.9. The molecule has 1 aliphatic rings. The first-order valence-electron chi connectivity index (χ1n) is 8.78. The molecule has 0 radical (unpaired) electrons. The van der Waals surface area contributed by atoms with E-state index in [1.807, 2.05) is 29.2 Å². The van der Waals surface area contributed by atoms with Crippen LogP contribution in [-0.2, 0) is 11.3 Å². The largest absolute Gasteiger partial charge is 0.484 e. The van der Waals surface area contributed by atoms with E-state index < -0.39 is 5.91 Å². The molecule has 7 heteroatoms. The number of amides is 2. The highest BCUT2D eigenvalue weighted by molar-refractivity contribution is 6.30. The van der Waals surface area contributed by atoms with Crippen molar-refractivity contribution in [3.05, 3.63) is 64.7 Å². The minimum atomic E-state index is -0.492. The summed E-state index contributed by atoms with van der Waals surface area (Å²) in [6.45, 7) is 3.82. The summed E-state index contributed by atoms with van der Waals surface area (Å²) in [5, 5.41) is 0.735. The van der Waals surface area contributed by atoms with E-state index in [9.17, 15) is 9.59 Å². The van der Waals surface area contributed by atoms with Crippen molar-refractivity contribution < 1.29 is 14.3 Å². The number of nitrogens with zero attached hydrogens (tertiary/aromatic N) is 2. The summed E-state index contributed by atoms with van der Waals surface area (Å²) in [7, 11) is 0. The van der Waals surface area contributed by atoms with Crippen LogP contribution >= 0.6 is 11.6 Å². The molecule has 1 aliphatic heterocycles. The molecule has 0 aliphatic carbocycles. The average Bonchev–Trinajstić information content (AvgIpc) is 2.69. The van der Waals surface area contributed by atoms with Gasteiger partial charge in [-0.2, -0.15) is 0 Å². The van der Waals surface area contributed by atoms with Crippen LogP contribution in [0, 0.1) is 0 Å². The van der Waals surface area contributed by atoms with Gasteiger partial charge in [0, 0.05) is 43.3 Å². The van der Waals surface area contributed by atoms with Crippen molar-refractivity contribution in [3.63, 3.8) is 0 Å². The van der Waals surface area contributed by atoms with Crippen LogP contribution in [0.2, 0.25) is 5.02 Å². The van der Waals surface area contributed by atoms with Crippen LogP contribution in [0.4, 0.5) is 0 Å². The monoisotopic (exact) mass is 387 g/mol. The predicted molar refractivity (Wildman–Crippen MR) is 104 cm³/mol. The highest BCUT2D eigenvalue weighted by Gasteiger charge is 2.21. The second-order valence-corrected chi connectivity index (χ2v) is 6.90. The number of hydrogen-bond donors (Lipinski definition) is 1. The van der Waals surface area contributed by atoms with Gasteiger partial charge in [0.25, 0.3) is 5.91 Å². The number of hydrogen-bond acceptors (Lipinski definition) is 4. The third-order valence-corrected chi connectivity index (χ3v) is 4.80. The lowest BCUT2D eigenvalue weighted by atomic mass is 10.2. The summed E-state index contributed by atoms with van der Waals surface area (Å²) in [6.07, 6.45) is 0. The molecule has 0 atom stereocenters. The maximum atomic E-state index is 12.3. The summed E-state index contributed by atoms with van der Waals surface area (Å²) in [5.41, 5.74) is 6.82. The molecular weight excluding hydrogens is 366 g/mol. The van der Waals surface area contributed by atoms with E-state index in [-0.39, 0.29) is 12.5 Å². The van der Waals surface area contributed by atoms with E-state index in [0.717, 1.165) is 24.7 Å². The van der Waals surface area contributed by atoms with E-state index in [2.05, 4.69) is 4.90 Å². The molecule has 2 aromatic carbocycles. The summed E-state index contributed by atoms with van der Waals surface area (Å²) < 4.78 is 5.52. The van der Waals surface area contributed by atoms with Gasteiger partial charge in [0.05, 0.1) is 0 Å². The van der Waals surface area contributed by atoms with Gasteiger partial charge in [-0.25, -0.2) is 0 Å². The Morgan fingerprint density at radius 3 is 2.19 bits per heavy atom. The van der Waals surface area contributed by atoms with E-state index in [1.54, 1.807) is 24.3 Å². The van der Waals surface area contributed by atoms with Gasteiger partial charge in [0.15, 0.2) is 6.61 Å². The van der Waals surface area contributed by atoms with Crippen LogP contribution < -0.4 is 10.5 Å². The van der Waals surface area contributed by atoms with Crippen LogP contribution in [0.5, 0.6) is 5.75 Å². The Kier molecular flexibility index (Phi) is 6.32. The lowest BCUT2D eigenvalue weighted by molar-refractivity contribution is -0.135. The van der Waals surface area contributed by atoms with Gasteiger partial charge < -0.3 is 15.4 Å². The first-order valence-corrected chi connectivity index (χ1v) is 9.16. The number of rotatable bonds is 6. The van der Waals surface area contributed by atoms with Crippen molar-refractivity contribution in [1.29, 1.82) is 0 Å². The van der Waals surface area contributed by atoms with Crippen LogP contribution in [0.15, 0.2) is 48.5 Å². The minimum absolute atomic E-state index is 0.0207. The topological polar surface area (TPSA) is 75.9 Å². The fourth-order valence-corrected chi connectivity index (χ4v) is 3.08. The number of ether oxygens (including phenoxy) is 1. The Balaban J connectivity index is 1.42. The Morgan fingerprint density at radius 1 is 0.963 bits per heavy atom. The van der Waals surface area contributed by atoms with Crippen LogP contribution in [0.25, 0.3) is 0 Å². The smallest absolute Gasteiger partial charge is 0.260 e. The Bertz CT molecular complexity index is 785. The van der Waals surface area contributed by atoms with E-state index >= 15 is 0 Å². The molecule has 1 fully saturated rings. The second-order valence-electron chi connectivity index (χ2n) is 6.46. The first-order chi connectivity index (χ1) is 13.0. The van der Waals surface area contributed by atoms with Gasteiger partial charge in [-0.1, -0.05) is 23.7 Å². The fourth-order valence-electron chi connectivity index (χ4n) is 2.96. The van der Waals surface area contributed by atoms with Gasteiger partial charge in [0.2, 0.25) is 5.91 Å². The predicted octanol–water partition coefficient (Wildman–Crippen LogP) is 2.16. The molecule has 0 bridgehead atoms. The molecule has 1 heterocycles. The maximum absolute atomic E-state index is 12.3. The number of carbonyl (C=O) groups excluding carboxylic acids is 2. The number of piperazine rings is 1. The maximum Gasteiger partial charge on any atom is 0.260 e. The van der Waals surface area contributed by atoms with E-state index in [4.69, 9.17) is 22.1 Å². The minimum Gasteiger partial charge on any atom is -0.484 e. The van der Waals surface area contributed by atoms with E-state index in [1.165, 1.54) is 5.56 Å². The van der Waals surface area contributed by atoms with Crippen LogP contribution in [-0.4, -0.2) is 54.4 Å². The van der Waals surface area contributed by atoms with Crippen LogP contribution in [0.1, 0.15) is 15.9 Å². The van der Waals surface area contributed by atoms with E-state index in [0.29, 0.717) is 24.4 Å². The Labute approximate surface area is 163 Å². The van der Waals surface area contributed by atoms with Gasteiger partial charge >= 0.3 is 0 Å². The SMILES string of the molecule is NC(=O)c1ccc(OCC(=O)N2CCN(Cc3ccc(Cl)cc3)CC2)cc1. The molecule has 3 rings (SSSR count). The standard InChI is InChI=1S/C20H22ClN3O3/c21-17-5-1-15(2-6-17)13-23-9-11-24(12-10-23)19(25)14-27-18-7-3-16(4-8-18)20(22)26/h1-8H,9-14H2,(H2,22,26). The first kappa shape index (κ1) is 19.2. The number of carbonyl (C=O) groups is 2. The van der Waals surface area contributed by atoms with Crippen molar-refractivity contribution in [2.24, 2.45) is 5.73 Å². The zero-order valence-corrected chi connectivity index (χ0v) is 15.7. The summed E-state index contributed by atoms with van der Waals surface area (Å²) in [4.78, 5) is 27.5. The third-order valence-electron chi connectivity index (χ3n) is 4.55. The fraction of sp³-hybridized carbons (Fsp3) is 0.300. The zero-order chi connectivity index (χ0) is 19.2. The molecule has 2 N–H and O–H groups in total. The molecule has 0 spiro atoms. The number of benzene rings is 2. The molecule has 0 unspecified atom stereocenters. The van der Waals surface area contributed by atoms with Crippen LogP contribution in [0.3, 0.4) is 0 Å². The van der Waals surface area contributed by atoms with Gasteiger partial charge in [-0.3, -0.25) is 14.5 Å². The quantitative estimate of drug-likeness (QED) is 0.824. The Morgan fingerprint density at radius 2 is 1.59 bits per heavy atom. The molecule has 1 saturated heterocycles. The lowest BCUT2D eigenvalue weighted by Gasteiger charge is -2.34. The molecular formula is C20H22ClN3O3. The van der Waals surface area contributed by atoms with Gasteiger partial charge in [-0.05, 0) is 42.0 Å². The molecule has 0 saturated carbocycles. The Hall–Kier alpha value is -2.57. The second kappa shape index (κ2) is 8.88. The number of primary amides is 1. The average molecular weight is 388 g/mol. The highest BCUT2D eigenvalue weighted by Crippen LogP contribution is 2.14. The van der Waals surface area contributed by atoms with Crippen molar-refractivity contribution in [1.82, 2.24) is 9.80 Å². The third kappa shape index (κ3) is 5.45. The van der Waals surface area contributed by atoms with Crippen molar-refractivity contribution in [2.45, 2.75) is 6.54 Å². The molecule has 0 aromatic heterocycles. The number of halogens is 1. The van der Waals surface area contributed by atoms with Gasteiger partial charge in [0.1, 0.15) is 5.75 Å². The lowest BCUT2D eigenvalue weighted by Crippen LogP contribution is -2.49. The molecule has 2 amide bonds. The van der Waals surface area contributed by atoms with Crippen molar-refractivity contribution in [2.75, 3.05) is 32.8 Å². The molecule has 142 valence electrons. The molecule has 2 aromatic rings.